The summed E-state index contributed by atoms with van der Waals surface area (Å²) in [6, 6.07) is 6.60. The molecule has 0 aliphatic carbocycles. The van der Waals surface area contributed by atoms with Crippen molar-refractivity contribution in [3.05, 3.63) is 35.5 Å². The molecule has 0 aliphatic heterocycles. The number of anilines is 1. The van der Waals surface area contributed by atoms with Crippen molar-refractivity contribution in [1.29, 1.82) is 0 Å². The van der Waals surface area contributed by atoms with Gasteiger partial charge in [0.25, 0.3) is 0 Å². The van der Waals surface area contributed by atoms with Gasteiger partial charge in [-0.15, -0.1) is 0 Å². The summed E-state index contributed by atoms with van der Waals surface area (Å²) >= 11 is 6.16. The summed E-state index contributed by atoms with van der Waals surface area (Å²) in [6.45, 7) is 11.7. The summed E-state index contributed by atoms with van der Waals surface area (Å²) in [4.78, 5) is 71.6. The number of hydrogen-bond donors (Lipinski definition) is 5. The number of carbonyl (C=O) groups is 2. The first-order valence-electron chi connectivity index (χ1n) is 13.7. The molecule has 3 unspecified atom stereocenters. The molecule has 2 aromatic rings. The normalized spacial score (nSPS) is 14.6. The van der Waals surface area contributed by atoms with E-state index >= 15 is 0 Å². The molecule has 2 rings (SSSR count). The van der Waals surface area contributed by atoms with E-state index < -0.39 is 44.7 Å². The second-order valence-corrected chi connectivity index (χ2v) is 14.5. The van der Waals surface area contributed by atoms with E-state index in [0.29, 0.717) is 28.0 Å². The summed E-state index contributed by atoms with van der Waals surface area (Å²) in [7, 11) is -10.7. The fourth-order valence-corrected chi connectivity index (χ4v) is 6.95. The maximum atomic E-state index is 13.6. The third kappa shape index (κ3) is 10.3. The van der Waals surface area contributed by atoms with Crippen LogP contribution in [-0.2, 0) is 18.7 Å². The van der Waals surface area contributed by atoms with Crippen LogP contribution in [0.5, 0.6) is 0 Å². The lowest BCUT2D eigenvalue weighted by molar-refractivity contribution is -0.125. The Morgan fingerprint density at radius 2 is 1.67 bits per heavy atom. The molecule has 0 aliphatic rings. The molecule has 5 N–H and O–H groups in total. The van der Waals surface area contributed by atoms with Crippen molar-refractivity contribution in [2.45, 2.75) is 71.6 Å². The molecule has 0 saturated heterocycles. The first-order chi connectivity index (χ1) is 19.5. The molecule has 0 saturated carbocycles. The molecule has 0 radical (unpaired) electrons. The van der Waals surface area contributed by atoms with Crippen molar-refractivity contribution in [3.8, 4) is 0 Å². The Morgan fingerprint density at radius 1 is 1.05 bits per heavy atom. The van der Waals surface area contributed by atoms with Crippen molar-refractivity contribution < 1.29 is 43.0 Å². The quantitative estimate of drug-likeness (QED) is 0.170. The number of benzene rings is 1. The van der Waals surface area contributed by atoms with Crippen LogP contribution in [0.25, 0.3) is 10.9 Å². The van der Waals surface area contributed by atoms with Crippen LogP contribution in [0, 0.1) is 5.92 Å². The van der Waals surface area contributed by atoms with E-state index in [1.807, 2.05) is 6.92 Å². The van der Waals surface area contributed by atoms with Gasteiger partial charge in [0.05, 0.1) is 11.2 Å². The number of ether oxygens (including phenoxy) is 1. The lowest BCUT2D eigenvalue weighted by atomic mass is 10.0. The van der Waals surface area contributed by atoms with Gasteiger partial charge >= 0.3 is 21.3 Å². The van der Waals surface area contributed by atoms with Crippen molar-refractivity contribution in [1.82, 2.24) is 15.2 Å². The highest BCUT2D eigenvalue weighted by atomic mass is 35.5. The number of pyridine rings is 1. The van der Waals surface area contributed by atoms with Crippen LogP contribution >= 0.6 is 26.8 Å². The molecule has 2 amide bonds. The fraction of sp³-hybridized carbons (Fsp3) is 0.577. The molecule has 236 valence electrons. The van der Waals surface area contributed by atoms with Gasteiger partial charge in [0.15, 0.2) is 0 Å². The predicted octanol–water partition coefficient (Wildman–Crippen LogP) is 4.51. The zero-order valence-electron chi connectivity index (χ0n) is 24.4. The number of halogens is 1. The summed E-state index contributed by atoms with van der Waals surface area (Å²) in [5.41, 5.74) is -1.50. The van der Waals surface area contributed by atoms with Gasteiger partial charge in [0.1, 0.15) is 6.10 Å². The summed E-state index contributed by atoms with van der Waals surface area (Å²) in [6.07, 6.45) is 1.48. The minimum absolute atomic E-state index is 0.0799. The molecule has 42 heavy (non-hydrogen) atoms. The number of nitrogens with zero attached hydrogens (tertiary/aromatic N) is 3. The lowest BCUT2D eigenvalue weighted by Gasteiger charge is -2.31. The molecular formula is C26H41ClN4O9P2. The number of rotatable bonds is 15. The highest BCUT2D eigenvalue weighted by molar-refractivity contribution is 7.70. The van der Waals surface area contributed by atoms with Gasteiger partial charge in [-0.2, -0.15) is 0 Å². The van der Waals surface area contributed by atoms with E-state index in [-0.39, 0.29) is 12.5 Å². The minimum Gasteiger partial charge on any atom is -0.446 e. The smallest absolute Gasteiger partial charge is 0.414 e. The molecule has 0 bridgehead atoms. The molecule has 0 fully saturated rings. The van der Waals surface area contributed by atoms with Crippen LogP contribution in [0.1, 0.15) is 53.9 Å². The Hall–Kier alpha value is -2.08. The van der Waals surface area contributed by atoms with Gasteiger partial charge in [-0.3, -0.25) is 23.8 Å². The van der Waals surface area contributed by atoms with Crippen molar-refractivity contribution in [2.24, 2.45) is 5.92 Å². The van der Waals surface area contributed by atoms with Gasteiger partial charge < -0.3 is 34.5 Å². The number of nitrogens with one attached hydrogen (secondary N) is 1. The molecule has 16 heteroatoms. The highest BCUT2D eigenvalue weighted by Gasteiger charge is 2.45. The van der Waals surface area contributed by atoms with Crippen molar-refractivity contribution >= 4 is 55.4 Å². The van der Waals surface area contributed by atoms with Crippen LogP contribution in [0.3, 0.4) is 0 Å². The van der Waals surface area contributed by atoms with Crippen molar-refractivity contribution in [2.75, 3.05) is 24.5 Å². The van der Waals surface area contributed by atoms with Gasteiger partial charge in [-0.25, -0.2) is 4.79 Å². The highest BCUT2D eigenvalue weighted by Crippen LogP contribution is 2.58. The Bertz CT molecular complexity index is 1300. The predicted molar refractivity (Wildman–Crippen MR) is 161 cm³/mol. The number of hydrogen-bond acceptors (Lipinski definition) is 7. The lowest BCUT2D eigenvalue weighted by Crippen LogP contribution is -2.42. The number of aromatic nitrogens is 1. The van der Waals surface area contributed by atoms with Gasteiger partial charge in [-0.1, -0.05) is 32.4 Å². The van der Waals surface area contributed by atoms with Crippen LogP contribution < -0.4 is 10.2 Å². The average molecular weight is 651 g/mol. The van der Waals surface area contributed by atoms with E-state index in [1.54, 1.807) is 47.6 Å². The van der Waals surface area contributed by atoms with Gasteiger partial charge in [0, 0.05) is 28.6 Å². The maximum absolute atomic E-state index is 13.6. The first-order valence-corrected chi connectivity index (χ1v) is 17.4. The number of fused-ring (bicyclic) bond motifs is 1. The summed E-state index contributed by atoms with van der Waals surface area (Å²) in [5, 5.41) is 2.94. The second kappa shape index (κ2) is 15.6. The third-order valence-electron chi connectivity index (χ3n) is 6.91. The minimum atomic E-state index is -5.35. The molecule has 1 heterocycles. The van der Waals surface area contributed by atoms with E-state index in [0.717, 1.165) is 26.1 Å². The maximum Gasteiger partial charge on any atom is 0.414 e. The zero-order valence-corrected chi connectivity index (χ0v) is 26.9. The van der Waals surface area contributed by atoms with Crippen LogP contribution in [0.4, 0.5) is 10.5 Å². The number of carbonyl (C=O) groups excluding carboxylic acids is 2. The summed E-state index contributed by atoms with van der Waals surface area (Å²) < 4.78 is 28.8. The first kappa shape index (κ1) is 36.1. The SMILES string of the molecule is CCN(CC)CCCC(C)N(C(=O)OC(C)CC(C)C(=O)NC(P(=O)(O)O)P(=O)(O)O)c1ccnc2cc(Cl)ccc12. The molecular weight excluding hydrogens is 610 g/mol. The van der Waals surface area contributed by atoms with E-state index in [2.05, 4.69) is 23.7 Å². The fourth-order valence-electron chi connectivity index (χ4n) is 4.63. The van der Waals surface area contributed by atoms with Crippen LogP contribution in [-0.4, -0.2) is 78.8 Å². The topological polar surface area (TPSA) is 190 Å². The van der Waals surface area contributed by atoms with Gasteiger partial charge in [0.2, 0.25) is 11.4 Å². The van der Waals surface area contributed by atoms with Crippen molar-refractivity contribution in [3.63, 3.8) is 0 Å². The Labute approximate surface area is 250 Å². The zero-order chi connectivity index (χ0) is 31.8. The molecule has 13 nitrogen and oxygen atoms in total. The Kier molecular flexibility index (Phi) is 13.4. The van der Waals surface area contributed by atoms with Crippen LogP contribution in [0.15, 0.2) is 30.5 Å². The van der Waals surface area contributed by atoms with Crippen LogP contribution in [0.2, 0.25) is 5.02 Å². The van der Waals surface area contributed by atoms with E-state index in [4.69, 9.17) is 16.3 Å². The Balaban J connectivity index is 2.25. The largest absolute Gasteiger partial charge is 0.446 e. The van der Waals surface area contributed by atoms with Gasteiger partial charge in [-0.05, 0) is 77.0 Å². The number of amides is 2. The second-order valence-electron chi connectivity index (χ2n) is 10.3. The summed E-state index contributed by atoms with van der Waals surface area (Å²) in [5.74, 6) is -2.01. The molecule has 1 aromatic heterocycles. The van der Waals surface area contributed by atoms with E-state index in [9.17, 15) is 38.3 Å². The molecule has 0 spiro atoms. The van der Waals surface area contributed by atoms with E-state index in [1.165, 1.54) is 6.92 Å². The molecule has 3 atom stereocenters. The Morgan fingerprint density at radius 3 is 2.24 bits per heavy atom. The average Bonchev–Trinajstić information content (AvgIpc) is 2.88. The standard InChI is InChI=1S/C26H41ClN4O9P2/c1-6-30(7-2)14-8-9-18(4)31(23-12-13-28-22-16-20(27)10-11-21(22)23)26(33)40-19(5)15-17(3)24(32)29-25(41(34,35)36)42(37,38)39/h10-13,16-19,25H,6-9,14-15H2,1-5H3,(H,29,32)(H2,34,35,36)(H2,37,38,39). The molecule has 1 aromatic carbocycles. The third-order valence-corrected chi connectivity index (χ3v) is 10.5. The monoisotopic (exact) mass is 650 g/mol.